The highest BCUT2D eigenvalue weighted by molar-refractivity contribution is 5.87. The molecule has 0 unspecified atom stereocenters. The minimum atomic E-state index is -0.944. The molecule has 0 atom stereocenters. The highest BCUT2D eigenvalue weighted by Crippen LogP contribution is 2.18. The standard InChI is InChI=1S/C19H25N3O4/c1-19(2,3)18-21-16(26-22-18)6-4-5-15(23)20-12-11-13-7-9-14(10-8-13)17(24)25/h7-10H,4-6,11-12H2,1-3H3,(H,20,23)(H,24,25). The summed E-state index contributed by atoms with van der Waals surface area (Å²) in [6, 6.07) is 6.65. The van der Waals surface area contributed by atoms with Crippen LogP contribution in [-0.4, -0.2) is 33.7 Å². The quantitative estimate of drug-likeness (QED) is 0.751. The monoisotopic (exact) mass is 359 g/mol. The summed E-state index contributed by atoms with van der Waals surface area (Å²) >= 11 is 0. The summed E-state index contributed by atoms with van der Waals surface area (Å²) in [4.78, 5) is 27.0. The summed E-state index contributed by atoms with van der Waals surface area (Å²) in [5.41, 5.74) is 1.09. The number of amides is 1. The lowest BCUT2D eigenvalue weighted by atomic mass is 9.96. The van der Waals surface area contributed by atoms with E-state index in [0.29, 0.717) is 43.9 Å². The van der Waals surface area contributed by atoms with E-state index < -0.39 is 5.97 Å². The molecule has 7 heteroatoms. The Labute approximate surface area is 152 Å². The minimum absolute atomic E-state index is 0.0253. The fourth-order valence-electron chi connectivity index (χ4n) is 2.31. The molecule has 1 aromatic heterocycles. The van der Waals surface area contributed by atoms with Crippen LogP contribution in [0.15, 0.2) is 28.8 Å². The van der Waals surface area contributed by atoms with Crippen molar-refractivity contribution in [3.8, 4) is 0 Å². The molecule has 2 rings (SSSR count). The summed E-state index contributed by atoms with van der Waals surface area (Å²) in [6.07, 6.45) is 2.27. The normalized spacial score (nSPS) is 11.3. The van der Waals surface area contributed by atoms with E-state index in [1.165, 1.54) is 0 Å². The lowest BCUT2D eigenvalue weighted by Crippen LogP contribution is -2.25. The molecule has 0 aliphatic carbocycles. The second kappa shape index (κ2) is 8.60. The van der Waals surface area contributed by atoms with Gasteiger partial charge in [-0.05, 0) is 30.5 Å². The van der Waals surface area contributed by atoms with Crippen molar-refractivity contribution < 1.29 is 19.2 Å². The summed E-state index contributed by atoms with van der Waals surface area (Å²) in [5, 5.41) is 15.7. The van der Waals surface area contributed by atoms with Crippen molar-refractivity contribution in [3.05, 3.63) is 47.1 Å². The topological polar surface area (TPSA) is 105 Å². The Balaban J connectivity index is 1.66. The molecule has 0 saturated carbocycles. The van der Waals surface area contributed by atoms with Crippen LogP contribution in [0.25, 0.3) is 0 Å². The van der Waals surface area contributed by atoms with Crippen LogP contribution in [-0.2, 0) is 23.1 Å². The molecule has 1 heterocycles. The predicted molar refractivity (Wildman–Crippen MR) is 96.1 cm³/mol. The SMILES string of the molecule is CC(C)(C)c1noc(CCCC(=O)NCCc2ccc(C(=O)O)cc2)n1. The molecular weight excluding hydrogens is 334 g/mol. The van der Waals surface area contributed by atoms with Gasteiger partial charge >= 0.3 is 5.97 Å². The Kier molecular flexibility index (Phi) is 6.49. The third kappa shape index (κ3) is 5.98. The van der Waals surface area contributed by atoms with Crippen LogP contribution in [0.4, 0.5) is 0 Å². The molecule has 7 nitrogen and oxygen atoms in total. The maximum atomic E-state index is 11.9. The number of benzene rings is 1. The van der Waals surface area contributed by atoms with Gasteiger partial charge in [-0.3, -0.25) is 4.79 Å². The van der Waals surface area contributed by atoms with E-state index in [1.54, 1.807) is 24.3 Å². The van der Waals surface area contributed by atoms with E-state index in [2.05, 4.69) is 15.5 Å². The van der Waals surface area contributed by atoms with E-state index >= 15 is 0 Å². The zero-order valence-electron chi connectivity index (χ0n) is 15.4. The molecule has 2 N–H and O–H groups in total. The van der Waals surface area contributed by atoms with Crippen molar-refractivity contribution >= 4 is 11.9 Å². The molecule has 0 fully saturated rings. The first-order chi connectivity index (χ1) is 12.3. The minimum Gasteiger partial charge on any atom is -0.478 e. The molecule has 0 bridgehead atoms. The molecule has 0 aliphatic heterocycles. The summed E-state index contributed by atoms with van der Waals surface area (Å²) in [7, 11) is 0. The smallest absolute Gasteiger partial charge is 0.335 e. The average molecular weight is 359 g/mol. The number of carboxylic acid groups (broad SMARTS) is 1. The molecular formula is C19H25N3O4. The van der Waals surface area contributed by atoms with Gasteiger partial charge in [0.1, 0.15) is 0 Å². The van der Waals surface area contributed by atoms with Crippen LogP contribution in [0.3, 0.4) is 0 Å². The second-order valence-electron chi connectivity index (χ2n) is 7.22. The molecule has 2 aromatic rings. The van der Waals surface area contributed by atoms with E-state index in [4.69, 9.17) is 9.63 Å². The zero-order chi connectivity index (χ0) is 19.2. The Bertz CT molecular complexity index is 745. The molecule has 1 aromatic carbocycles. The van der Waals surface area contributed by atoms with Gasteiger partial charge in [-0.1, -0.05) is 38.1 Å². The lowest BCUT2D eigenvalue weighted by Gasteiger charge is -2.10. The second-order valence-corrected chi connectivity index (χ2v) is 7.22. The Morgan fingerprint density at radius 3 is 2.42 bits per heavy atom. The maximum absolute atomic E-state index is 11.9. The van der Waals surface area contributed by atoms with Crippen molar-refractivity contribution in [1.29, 1.82) is 0 Å². The van der Waals surface area contributed by atoms with Crippen molar-refractivity contribution in [3.63, 3.8) is 0 Å². The van der Waals surface area contributed by atoms with Crippen LogP contribution in [0, 0.1) is 0 Å². The molecule has 0 aliphatic rings. The van der Waals surface area contributed by atoms with E-state index in [9.17, 15) is 9.59 Å². The van der Waals surface area contributed by atoms with E-state index in [-0.39, 0.29) is 16.9 Å². The lowest BCUT2D eigenvalue weighted by molar-refractivity contribution is -0.121. The molecule has 0 spiro atoms. The predicted octanol–water partition coefficient (Wildman–Crippen LogP) is 2.75. The first kappa shape index (κ1) is 19.6. The Morgan fingerprint density at radius 2 is 1.85 bits per heavy atom. The van der Waals surface area contributed by atoms with Gasteiger partial charge < -0.3 is 14.9 Å². The summed E-state index contributed by atoms with van der Waals surface area (Å²) in [5.74, 6) is 0.260. The van der Waals surface area contributed by atoms with Crippen LogP contribution in [0.2, 0.25) is 0 Å². The maximum Gasteiger partial charge on any atom is 0.335 e. The van der Waals surface area contributed by atoms with Crippen LogP contribution in [0.5, 0.6) is 0 Å². The van der Waals surface area contributed by atoms with Gasteiger partial charge in [0, 0.05) is 24.8 Å². The number of carboxylic acids is 1. The van der Waals surface area contributed by atoms with Gasteiger partial charge in [0.2, 0.25) is 11.8 Å². The number of carbonyl (C=O) groups is 2. The first-order valence-electron chi connectivity index (χ1n) is 8.67. The fraction of sp³-hybridized carbons (Fsp3) is 0.474. The summed E-state index contributed by atoms with van der Waals surface area (Å²) in [6.45, 7) is 6.57. The van der Waals surface area contributed by atoms with E-state index in [0.717, 1.165) is 5.56 Å². The number of aromatic nitrogens is 2. The largest absolute Gasteiger partial charge is 0.478 e. The molecule has 1 amide bonds. The molecule has 0 radical (unpaired) electrons. The number of carbonyl (C=O) groups excluding carboxylic acids is 1. The fourth-order valence-corrected chi connectivity index (χ4v) is 2.31. The number of nitrogens with zero attached hydrogens (tertiary/aromatic N) is 2. The van der Waals surface area contributed by atoms with Gasteiger partial charge in [0.15, 0.2) is 5.82 Å². The number of hydrogen-bond acceptors (Lipinski definition) is 5. The average Bonchev–Trinajstić information content (AvgIpc) is 3.04. The molecule has 140 valence electrons. The van der Waals surface area contributed by atoms with Gasteiger partial charge in [0.25, 0.3) is 0 Å². The van der Waals surface area contributed by atoms with Gasteiger partial charge in [-0.25, -0.2) is 4.79 Å². The first-order valence-corrected chi connectivity index (χ1v) is 8.67. The third-order valence-electron chi connectivity index (χ3n) is 3.87. The van der Waals surface area contributed by atoms with Crippen molar-refractivity contribution in [1.82, 2.24) is 15.5 Å². The number of rotatable bonds is 8. The Morgan fingerprint density at radius 1 is 1.15 bits per heavy atom. The highest BCUT2D eigenvalue weighted by Gasteiger charge is 2.20. The number of nitrogens with one attached hydrogen (secondary N) is 1. The van der Waals surface area contributed by atoms with Gasteiger partial charge in [-0.15, -0.1) is 0 Å². The molecule has 26 heavy (non-hydrogen) atoms. The Hall–Kier alpha value is -2.70. The summed E-state index contributed by atoms with van der Waals surface area (Å²) < 4.78 is 5.20. The van der Waals surface area contributed by atoms with Crippen LogP contribution >= 0.6 is 0 Å². The zero-order valence-corrected chi connectivity index (χ0v) is 15.4. The van der Waals surface area contributed by atoms with E-state index in [1.807, 2.05) is 20.8 Å². The van der Waals surface area contributed by atoms with Crippen LogP contribution < -0.4 is 5.32 Å². The number of aromatic carboxylic acids is 1. The third-order valence-corrected chi connectivity index (χ3v) is 3.87. The van der Waals surface area contributed by atoms with Crippen molar-refractivity contribution in [2.75, 3.05) is 6.54 Å². The van der Waals surface area contributed by atoms with Crippen molar-refractivity contribution in [2.45, 2.75) is 51.9 Å². The van der Waals surface area contributed by atoms with Crippen LogP contribution in [0.1, 0.15) is 61.2 Å². The highest BCUT2D eigenvalue weighted by atomic mass is 16.5. The van der Waals surface area contributed by atoms with Gasteiger partial charge in [0.05, 0.1) is 5.56 Å². The number of hydrogen-bond donors (Lipinski definition) is 2. The van der Waals surface area contributed by atoms with Crippen molar-refractivity contribution in [2.24, 2.45) is 0 Å². The molecule has 0 saturated heterocycles. The number of aryl methyl sites for hydroxylation is 1. The van der Waals surface area contributed by atoms with Gasteiger partial charge in [-0.2, -0.15) is 4.98 Å².